The molecule has 6 nitrogen and oxygen atoms in total. The van der Waals surface area contributed by atoms with E-state index in [1.165, 1.54) is 7.11 Å². The highest BCUT2D eigenvalue weighted by Gasteiger charge is 2.30. The zero-order valence-corrected chi connectivity index (χ0v) is 15.9. The predicted octanol–water partition coefficient (Wildman–Crippen LogP) is 3.05. The van der Waals surface area contributed by atoms with Gasteiger partial charge in [-0.15, -0.1) is 0 Å². The van der Waals surface area contributed by atoms with E-state index in [0.29, 0.717) is 25.0 Å². The number of carbonyl (C=O) groups excluding carboxylic acids is 2. The van der Waals surface area contributed by atoms with Gasteiger partial charge in [0.05, 0.1) is 13.7 Å². The summed E-state index contributed by atoms with van der Waals surface area (Å²) >= 11 is 0. The lowest BCUT2D eigenvalue weighted by Crippen LogP contribution is -2.49. The minimum Gasteiger partial charge on any atom is -0.469 e. The number of piperidine rings is 2. The number of rotatable bonds is 7. The first-order valence-corrected chi connectivity index (χ1v) is 9.86. The molecule has 2 heterocycles. The summed E-state index contributed by atoms with van der Waals surface area (Å²) in [6.45, 7) is 6.46. The van der Waals surface area contributed by atoms with E-state index in [0.717, 1.165) is 71.1 Å². The van der Waals surface area contributed by atoms with Crippen molar-refractivity contribution >= 4 is 12.1 Å². The lowest BCUT2D eigenvalue weighted by molar-refractivity contribution is -0.141. The first-order valence-electron chi connectivity index (χ1n) is 9.86. The zero-order valence-electron chi connectivity index (χ0n) is 15.9. The topological polar surface area (TPSA) is 59.1 Å². The fraction of sp³-hybridized carbons (Fsp3) is 0.895. The molecule has 25 heavy (non-hydrogen) atoms. The highest BCUT2D eigenvalue weighted by molar-refractivity contribution is 5.69. The second kappa shape index (κ2) is 10.6. The molecule has 0 aliphatic carbocycles. The van der Waals surface area contributed by atoms with Crippen molar-refractivity contribution in [1.82, 2.24) is 9.80 Å². The van der Waals surface area contributed by atoms with Crippen molar-refractivity contribution in [3.05, 3.63) is 0 Å². The Kier molecular flexibility index (Phi) is 8.52. The molecule has 1 amide bonds. The molecular weight excluding hydrogens is 320 g/mol. The Hall–Kier alpha value is -1.30. The molecule has 0 bridgehead atoms. The lowest BCUT2D eigenvalue weighted by atomic mass is 9.90. The van der Waals surface area contributed by atoms with Crippen molar-refractivity contribution in [2.75, 3.05) is 39.9 Å². The second-order valence-electron chi connectivity index (χ2n) is 7.28. The average Bonchev–Trinajstić information content (AvgIpc) is 2.66. The van der Waals surface area contributed by atoms with Crippen LogP contribution >= 0.6 is 0 Å². The molecule has 0 atom stereocenters. The monoisotopic (exact) mass is 354 g/mol. The summed E-state index contributed by atoms with van der Waals surface area (Å²) < 4.78 is 10.0. The molecule has 2 saturated heterocycles. The first kappa shape index (κ1) is 20.0. The van der Waals surface area contributed by atoms with Gasteiger partial charge in [-0.1, -0.05) is 13.3 Å². The van der Waals surface area contributed by atoms with Gasteiger partial charge in [-0.3, -0.25) is 4.79 Å². The third-order valence-electron chi connectivity index (χ3n) is 5.60. The van der Waals surface area contributed by atoms with Crippen LogP contribution in [0.2, 0.25) is 0 Å². The van der Waals surface area contributed by atoms with Gasteiger partial charge in [0.15, 0.2) is 0 Å². The van der Waals surface area contributed by atoms with Crippen LogP contribution in [0.4, 0.5) is 4.79 Å². The Morgan fingerprint density at radius 1 is 1.04 bits per heavy atom. The van der Waals surface area contributed by atoms with Gasteiger partial charge in [-0.05, 0) is 57.5 Å². The maximum atomic E-state index is 12.0. The summed E-state index contributed by atoms with van der Waals surface area (Å²) in [5, 5.41) is 0. The molecule has 0 spiro atoms. The molecule has 144 valence electrons. The summed E-state index contributed by atoms with van der Waals surface area (Å²) in [5.41, 5.74) is 0. The number of ether oxygens (including phenoxy) is 2. The largest absolute Gasteiger partial charge is 0.469 e. The molecule has 0 N–H and O–H groups in total. The van der Waals surface area contributed by atoms with Gasteiger partial charge in [0.1, 0.15) is 0 Å². The highest BCUT2D eigenvalue weighted by Crippen LogP contribution is 2.26. The van der Waals surface area contributed by atoms with E-state index in [1.54, 1.807) is 0 Å². The molecule has 0 aromatic carbocycles. The first-order chi connectivity index (χ1) is 12.1. The van der Waals surface area contributed by atoms with Crippen molar-refractivity contribution in [2.24, 2.45) is 5.92 Å². The molecule has 2 aliphatic heterocycles. The number of likely N-dealkylation sites (tertiary alicyclic amines) is 2. The van der Waals surface area contributed by atoms with E-state index >= 15 is 0 Å². The van der Waals surface area contributed by atoms with E-state index < -0.39 is 0 Å². The summed E-state index contributed by atoms with van der Waals surface area (Å²) in [6, 6.07) is 0.584. The van der Waals surface area contributed by atoms with Gasteiger partial charge < -0.3 is 19.3 Å². The van der Waals surface area contributed by atoms with Gasteiger partial charge in [0.2, 0.25) is 0 Å². The Morgan fingerprint density at radius 2 is 1.72 bits per heavy atom. The number of amides is 1. The number of esters is 1. The molecule has 6 heteroatoms. The molecule has 0 saturated carbocycles. The van der Waals surface area contributed by atoms with E-state index in [4.69, 9.17) is 9.47 Å². The van der Waals surface area contributed by atoms with E-state index in [9.17, 15) is 9.59 Å². The van der Waals surface area contributed by atoms with Gasteiger partial charge in [-0.2, -0.15) is 0 Å². The van der Waals surface area contributed by atoms with Crippen LogP contribution in [0.15, 0.2) is 0 Å². The second-order valence-corrected chi connectivity index (χ2v) is 7.28. The van der Waals surface area contributed by atoms with Crippen molar-refractivity contribution in [1.29, 1.82) is 0 Å². The third kappa shape index (κ3) is 6.49. The quantitative estimate of drug-likeness (QED) is 0.519. The Bertz CT molecular complexity index is 414. The normalized spacial score (nSPS) is 20.5. The molecule has 0 unspecified atom stereocenters. The van der Waals surface area contributed by atoms with Crippen LogP contribution in [-0.4, -0.2) is 67.8 Å². The molecule has 0 radical (unpaired) electrons. The third-order valence-corrected chi connectivity index (χ3v) is 5.60. The standard InChI is InChI=1S/C19H34N2O4/c1-3-4-15-25-19(23)21-13-9-17(10-14-21)20-11-7-16(8-12-20)5-6-18(22)24-2/h16-17H,3-15H2,1-2H3. The van der Waals surface area contributed by atoms with Crippen LogP contribution in [0.25, 0.3) is 0 Å². The fourth-order valence-electron chi connectivity index (χ4n) is 3.84. The number of unbranched alkanes of at least 4 members (excludes halogenated alkanes) is 1. The number of nitrogens with zero attached hydrogens (tertiary/aromatic N) is 2. The molecular formula is C19H34N2O4. The van der Waals surface area contributed by atoms with Crippen LogP contribution in [0, 0.1) is 5.92 Å². The van der Waals surface area contributed by atoms with Gasteiger partial charge >= 0.3 is 12.1 Å². The van der Waals surface area contributed by atoms with E-state index in [1.807, 2.05) is 4.90 Å². The minimum absolute atomic E-state index is 0.0966. The smallest absolute Gasteiger partial charge is 0.409 e. The van der Waals surface area contributed by atoms with Crippen LogP contribution in [0.1, 0.15) is 58.3 Å². The van der Waals surface area contributed by atoms with Crippen LogP contribution in [0.3, 0.4) is 0 Å². The molecule has 2 aliphatic rings. The Morgan fingerprint density at radius 3 is 2.32 bits per heavy atom. The highest BCUT2D eigenvalue weighted by atomic mass is 16.6. The minimum atomic E-state index is -0.145. The van der Waals surface area contributed by atoms with Gasteiger partial charge in [-0.25, -0.2) is 4.79 Å². The van der Waals surface area contributed by atoms with Crippen LogP contribution in [-0.2, 0) is 14.3 Å². The van der Waals surface area contributed by atoms with Crippen molar-refractivity contribution in [2.45, 2.75) is 64.3 Å². The zero-order chi connectivity index (χ0) is 18.1. The fourth-order valence-corrected chi connectivity index (χ4v) is 3.84. The maximum Gasteiger partial charge on any atom is 0.409 e. The Balaban J connectivity index is 1.63. The molecule has 0 aromatic heterocycles. The van der Waals surface area contributed by atoms with Crippen LogP contribution < -0.4 is 0 Å². The molecule has 0 aromatic rings. The van der Waals surface area contributed by atoms with E-state index in [2.05, 4.69) is 11.8 Å². The molecule has 2 rings (SSSR count). The van der Waals surface area contributed by atoms with Gasteiger partial charge in [0, 0.05) is 25.6 Å². The lowest BCUT2D eigenvalue weighted by Gasteiger charge is -2.41. The summed E-state index contributed by atoms with van der Waals surface area (Å²) in [4.78, 5) is 27.7. The summed E-state index contributed by atoms with van der Waals surface area (Å²) in [5.74, 6) is 0.546. The number of hydrogen-bond acceptors (Lipinski definition) is 5. The predicted molar refractivity (Wildman–Crippen MR) is 96.4 cm³/mol. The average molecular weight is 354 g/mol. The van der Waals surface area contributed by atoms with Crippen molar-refractivity contribution in [3.63, 3.8) is 0 Å². The molecule has 2 fully saturated rings. The Labute approximate surface area is 151 Å². The summed E-state index contributed by atoms with van der Waals surface area (Å²) in [6.07, 6.45) is 7.73. The van der Waals surface area contributed by atoms with E-state index in [-0.39, 0.29) is 12.1 Å². The van der Waals surface area contributed by atoms with Crippen molar-refractivity contribution < 1.29 is 19.1 Å². The number of carbonyl (C=O) groups is 2. The maximum absolute atomic E-state index is 12.0. The van der Waals surface area contributed by atoms with Crippen LogP contribution in [0.5, 0.6) is 0 Å². The number of hydrogen-bond donors (Lipinski definition) is 0. The summed E-state index contributed by atoms with van der Waals surface area (Å²) in [7, 11) is 1.46. The number of methoxy groups -OCH3 is 1. The SMILES string of the molecule is CCCCOC(=O)N1CCC(N2CCC(CCC(=O)OC)CC2)CC1. The van der Waals surface area contributed by atoms with Gasteiger partial charge in [0.25, 0.3) is 0 Å². The van der Waals surface area contributed by atoms with Crippen molar-refractivity contribution in [3.8, 4) is 0 Å².